The van der Waals surface area contributed by atoms with Crippen LogP contribution in [0.15, 0.2) is 71.5 Å². The van der Waals surface area contributed by atoms with Crippen molar-refractivity contribution in [3.8, 4) is 5.75 Å². The minimum atomic E-state index is -5.45. The first kappa shape index (κ1) is 34.6. The number of anilines is 1. The highest BCUT2D eigenvalue weighted by molar-refractivity contribution is 7.90. The van der Waals surface area contributed by atoms with Crippen molar-refractivity contribution in [2.24, 2.45) is 0 Å². The van der Waals surface area contributed by atoms with Crippen molar-refractivity contribution in [2.75, 3.05) is 31.6 Å². The van der Waals surface area contributed by atoms with Gasteiger partial charge >= 0.3 is 21.5 Å². The summed E-state index contributed by atoms with van der Waals surface area (Å²) >= 11 is 12.4. The van der Waals surface area contributed by atoms with Crippen LogP contribution in [-0.4, -0.2) is 61.5 Å². The summed E-state index contributed by atoms with van der Waals surface area (Å²) < 4.78 is 74.6. The fourth-order valence-corrected chi connectivity index (χ4v) is 6.82. The van der Waals surface area contributed by atoms with Crippen LogP contribution in [0.25, 0.3) is 10.9 Å². The summed E-state index contributed by atoms with van der Waals surface area (Å²) in [6.45, 7) is 0.663. The second-order valence-corrected chi connectivity index (χ2v) is 13.7. The maximum absolute atomic E-state index is 13.1. The molecule has 1 aliphatic heterocycles. The van der Waals surface area contributed by atoms with Crippen LogP contribution in [0.2, 0.25) is 10.0 Å². The molecule has 2 N–H and O–H groups in total. The molecular weight excluding hydrogens is 682 g/mol. The van der Waals surface area contributed by atoms with E-state index in [1.54, 1.807) is 37.3 Å². The van der Waals surface area contributed by atoms with Crippen LogP contribution < -0.4 is 15.6 Å². The second kappa shape index (κ2) is 14.1. The molecule has 0 amide bonds. The van der Waals surface area contributed by atoms with Gasteiger partial charge < -0.3 is 19.8 Å². The summed E-state index contributed by atoms with van der Waals surface area (Å²) in [6.07, 6.45) is 0.126. The van der Waals surface area contributed by atoms with Gasteiger partial charge in [-0.05, 0) is 72.9 Å². The number of H-pyrrole nitrogens is 1. The number of alkyl halides is 3. The largest absolute Gasteiger partial charge is 0.511 e. The summed E-state index contributed by atoms with van der Waals surface area (Å²) in [5.41, 5.74) is -2.82. The van der Waals surface area contributed by atoms with E-state index in [1.165, 1.54) is 6.07 Å². The van der Waals surface area contributed by atoms with E-state index in [0.29, 0.717) is 31.0 Å². The van der Waals surface area contributed by atoms with Gasteiger partial charge in [-0.2, -0.15) is 17.5 Å². The minimum Gasteiger partial charge on any atom is -0.480 e. The number of nitrogens with one attached hydrogen (secondary N) is 2. The van der Waals surface area contributed by atoms with Crippen molar-refractivity contribution < 1.29 is 35.9 Å². The Hall–Kier alpha value is -3.78. The number of pyridine rings is 1. The number of benzene rings is 3. The first-order valence-corrected chi connectivity index (χ1v) is 16.8. The number of hydrogen-bond donors (Lipinski definition) is 2. The molecule has 15 heteroatoms. The molecular formula is C32H30Cl2F3N3O6S. The van der Waals surface area contributed by atoms with Crippen LogP contribution in [0.4, 0.5) is 18.9 Å². The van der Waals surface area contributed by atoms with Crippen LogP contribution in [0.3, 0.4) is 0 Å². The molecule has 1 fully saturated rings. The van der Waals surface area contributed by atoms with Crippen LogP contribution in [-0.2, 0) is 19.6 Å². The van der Waals surface area contributed by atoms with Crippen LogP contribution in [0.1, 0.15) is 42.4 Å². The minimum absolute atomic E-state index is 0.0632. The van der Waals surface area contributed by atoms with E-state index in [9.17, 15) is 31.2 Å². The highest BCUT2D eigenvalue weighted by Crippen LogP contribution is 2.39. The number of hydrogen-bond acceptors (Lipinski definition) is 7. The van der Waals surface area contributed by atoms with Crippen LogP contribution >= 0.6 is 23.2 Å². The first-order valence-electron chi connectivity index (χ1n) is 14.6. The first-order chi connectivity index (χ1) is 22.3. The number of rotatable bonds is 10. The molecule has 0 bridgehead atoms. The van der Waals surface area contributed by atoms with Gasteiger partial charge in [0, 0.05) is 52.2 Å². The van der Waals surface area contributed by atoms with E-state index >= 15 is 0 Å². The van der Waals surface area contributed by atoms with E-state index in [1.807, 2.05) is 30.3 Å². The van der Waals surface area contributed by atoms with Crippen LogP contribution in [0.5, 0.6) is 5.75 Å². The Morgan fingerprint density at radius 1 is 0.979 bits per heavy atom. The number of carbonyl (C=O) groups is 1. The summed E-state index contributed by atoms with van der Waals surface area (Å²) in [5, 5.41) is 4.82. The Morgan fingerprint density at radius 2 is 1.55 bits per heavy atom. The van der Waals surface area contributed by atoms with E-state index in [4.69, 9.17) is 32.7 Å². The Kier molecular flexibility index (Phi) is 10.4. The van der Waals surface area contributed by atoms with E-state index in [-0.39, 0.29) is 43.8 Å². The summed E-state index contributed by atoms with van der Waals surface area (Å²) in [6, 6.07) is 19.0. The molecule has 1 aromatic heterocycles. The number of aromatic amines is 1. The molecule has 0 saturated carbocycles. The average Bonchev–Trinajstić information content (AvgIpc) is 3.02. The Balaban J connectivity index is 1.59. The number of carbonyl (C=O) groups excluding carboxylic acids is 1. The topological polar surface area (TPSA) is 118 Å². The van der Waals surface area contributed by atoms with Crippen molar-refractivity contribution >= 4 is 55.8 Å². The summed E-state index contributed by atoms with van der Waals surface area (Å²) in [7, 11) is -5.45. The second-order valence-electron chi connectivity index (χ2n) is 10.9. The third kappa shape index (κ3) is 7.86. The molecule has 2 heterocycles. The Morgan fingerprint density at radius 3 is 2.09 bits per heavy atom. The molecule has 47 heavy (non-hydrogen) atoms. The highest BCUT2D eigenvalue weighted by atomic mass is 35.5. The molecule has 9 nitrogen and oxygen atoms in total. The number of ether oxygens (including phenoxy) is 2. The number of halogens is 5. The van der Waals surface area contributed by atoms with Crippen molar-refractivity contribution in [3.05, 3.63) is 104 Å². The predicted octanol–water partition coefficient (Wildman–Crippen LogP) is 6.68. The van der Waals surface area contributed by atoms with Gasteiger partial charge in [0.05, 0.1) is 12.1 Å². The number of sulfonamides is 1. The average molecular weight is 713 g/mol. The molecule has 4 aromatic rings. The predicted molar refractivity (Wildman–Crippen MR) is 174 cm³/mol. The third-order valence-corrected chi connectivity index (χ3v) is 9.91. The normalized spacial score (nSPS) is 14.8. The van der Waals surface area contributed by atoms with Gasteiger partial charge in [0.2, 0.25) is 0 Å². The molecule has 0 spiro atoms. The number of aromatic nitrogens is 1. The van der Waals surface area contributed by atoms with Gasteiger partial charge in [-0.1, -0.05) is 47.5 Å². The molecule has 1 saturated heterocycles. The SMILES string of the molecule is CCOC(=O)COc1cc(C(c2ccc(Cl)cc2)c2ccc(Cl)cc2)cc2c(NC3CCN(S(=O)(=O)C(F)(F)F)CC3)cc(=O)[nH]c12. The number of fused-ring (bicyclic) bond motifs is 1. The van der Waals surface area contributed by atoms with Gasteiger partial charge in [-0.3, -0.25) is 4.79 Å². The number of piperidine rings is 1. The molecule has 1 aliphatic rings. The van der Waals surface area contributed by atoms with Crippen molar-refractivity contribution in [1.29, 1.82) is 0 Å². The lowest BCUT2D eigenvalue weighted by Crippen LogP contribution is -2.47. The molecule has 0 unspecified atom stereocenters. The standard InChI is InChI=1S/C32H30Cl2F3N3O6S/c1-2-45-29(42)18-46-27-16-21(30(19-3-7-22(33)8-4-19)20-5-9-23(34)10-6-20)15-25-26(17-28(41)39-31(25)27)38-24-11-13-40(14-12-24)47(43,44)32(35,36)37/h3-10,15-17,24,30H,2,11-14,18H2,1H3,(H2,38,39,41). The lowest BCUT2D eigenvalue weighted by Gasteiger charge is -2.32. The zero-order chi connectivity index (χ0) is 33.9. The zero-order valence-electron chi connectivity index (χ0n) is 24.9. The maximum Gasteiger partial charge on any atom is 0.511 e. The lowest BCUT2D eigenvalue weighted by atomic mass is 9.84. The van der Waals surface area contributed by atoms with Crippen molar-refractivity contribution in [2.45, 2.75) is 37.2 Å². The quantitative estimate of drug-likeness (QED) is 0.139. The smallest absolute Gasteiger partial charge is 0.480 e. The molecule has 250 valence electrons. The van der Waals surface area contributed by atoms with E-state index in [0.717, 1.165) is 11.1 Å². The third-order valence-electron chi connectivity index (χ3n) is 7.78. The van der Waals surface area contributed by atoms with Crippen molar-refractivity contribution in [1.82, 2.24) is 9.29 Å². The Bertz CT molecular complexity index is 1870. The highest BCUT2D eigenvalue weighted by Gasteiger charge is 2.50. The van der Waals surface area contributed by atoms with Gasteiger partial charge in [0.1, 0.15) is 5.75 Å². The maximum atomic E-state index is 13.1. The molecule has 0 radical (unpaired) electrons. The van der Waals surface area contributed by atoms with E-state index in [2.05, 4.69) is 10.3 Å². The lowest BCUT2D eigenvalue weighted by molar-refractivity contribution is -0.145. The fourth-order valence-electron chi connectivity index (χ4n) is 5.58. The summed E-state index contributed by atoms with van der Waals surface area (Å²) in [4.78, 5) is 27.9. The van der Waals surface area contributed by atoms with Gasteiger partial charge in [-0.25, -0.2) is 13.2 Å². The fraction of sp³-hybridized carbons (Fsp3) is 0.312. The van der Waals surface area contributed by atoms with Gasteiger partial charge in [0.25, 0.3) is 5.56 Å². The van der Waals surface area contributed by atoms with Crippen molar-refractivity contribution in [3.63, 3.8) is 0 Å². The number of esters is 1. The molecule has 0 atom stereocenters. The number of nitrogens with zero attached hydrogens (tertiary/aromatic N) is 1. The monoisotopic (exact) mass is 711 g/mol. The Labute approximate surface area is 278 Å². The van der Waals surface area contributed by atoms with Crippen LogP contribution in [0, 0.1) is 0 Å². The van der Waals surface area contributed by atoms with E-state index < -0.39 is 45.6 Å². The molecule has 0 aliphatic carbocycles. The van der Waals surface area contributed by atoms with Gasteiger partial charge in [-0.15, -0.1) is 0 Å². The zero-order valence-corrected chi connectivity index (χ0v) is 27.3. The molecule has 5 rings (SSSR count). The van der Waals surface area contributed by atoms with Gasteiger partial charge in [0.15, 0.2) is 6.61 Å². The summed E-state index contributed by atoms with van der Waals surface area (Å²) in [5.74, 6) is -0.824. The molecule has 3 aromatic carbocycles.